The van der Waals surface area contributed by atoms with E-state index in [2.05, 4.69) is 17.4 Å². The van der Waals surface area contributed by atoms with Crippen LogP contribution in [-0.2, 0) is 11.3 Å². The molecule has 5 nitrogen and oxygen atoms in total. The van der Waals surface area contributed by atoms with Crippen LogP contribution in [0.15, 0.2) is 48.8 Å². The molecule has 1 fully saturated rings. The smallest absolute Gasteiger partial charge is 0.303 e. The van der Waals surface area contributed by atoms with Gasteiger partial charge in [0.15, 0.2) is 0 Å². The molecular formula is C21H26N2O3. The van der Waals surface area contributed by atoms with E-state index in [0.717, 1.165) is 32.2 Å². The lowest BCUT2D eigenvalue weighted by Gasteiger charge is -2.32. The van der Waals surface area contributed by atoms with Gasteiger partial charge < -0.3 is 15.0 Å². The Bertz CT molecular complexity index is 739. The van der Waals surface area contributed by atoms with Crippen molar-refractivity contribution in [2.24, 2.45) is 5.92 Å². The molecule has 0 bridgehead atoms. The maximum atomic E-state index is 12.6. The number of aromatic nitrogens is 1. The molecule has 1 aromatic heterocycles. The number of benzene rings is 1. The maximum absolute atomic E-state index is 12.6. The number of rotatable bonds is 7. The number of carboxylic acid groups (broad SMARTS) is 1. The van der Waals surface area contributed by atoms with Gasteiger partial charge in [0.2, 0.25) is 0 Å². The minimum atomic E-state index is -0.765. The van der Waals surface area contributed by atoms with Crippen molar-refractivity contribution < 1.29 is 14.7 Å². The van der Waals surface area contributed by atoms with Gasteiger partial charge in [0.1, 0.15) is 0 Å². The van der Waals surface area contributed by atoms with Gasteiger partial charge >= 0.3 is 5.97 Å². The summed E-state index contributed by atoms with van der Waals surface area (Å²) in [5.41, 5.74) is 1.85. The Morgan fingerprint density at radius 1 is 1.12 bits per heavy atom. The number of carboxylic acids is 1. The standard InChI is InChI=1S/C21H26N2O3/c24-20(25)11-10-17-8-4-5-9-19(17)22-21(26)18-12-13-23(15-18)14-16-6-2-1-3-7-16/h1-3,6-7,12-13,15,17,19H,4-5,8-11,14H2,(H,22,26)(H,24,25). The lowest BCUT2D eigenvalue weighted by atomic mass is 9.81. The Labute approximate surface area is 154 Å². The van der Waals surface area contributed by atoms with Crippen molar-refractivity contribution in [3.05, 3.63) is 59.9 Å². The molecule has 2 atom stereocenters. The number of carbonyl (C=O) groups is 2. The Balaban J connectivity index is 1.59. The van der Waals surface area contributed by atoms with E-state index in [1.807, 2.05) is 41.2 Å². The molecule has 2 aromatic rings. The van der Waals surface area contributed by atoms with E-state index in [9.17, 15) is 9.59 Å². The largest absolute Gasteiger partial charge is 0.481 e. The summed E-state index contributed by atoms with van der Waals surface area (Å²) in [5, 5.41) is 12.1. The van der Waals surface area contributed by atoms with E-state index in [1.54, 1.807) is 0 Å². The molecule has 3 rings (SSSR count). The van der Waals surface area contributed by atoms with Gasteiger partial charge in [-0.3, -0.25) is 9.59 Å². The fraction of sp³-hybridized carbons (Fsp3) is 0.429. The highest BCUT2D eigenvalue weighted by Crippen LogP contribution is 2.28. The van der Waals surface area contributed by atoms with E-state index in [0.29, 0.717) is 12.0 Å². The second kappa shape index (κ2) is 8.70. The zero-order chi connectivity index (χ0) is 18.4. The molecule has 1 aromatic carbocycles. The molecule has 2 unspecified atom stereocenters. The van der Waals surface area contributed by atoms with Crippen molar-refractivity contribution >= 4 is 11.9 Å². The van der Waals surface area contributed by atoms with E-state index >= 15 is 0 Å². The van der Waals surface area contributed by atoms with Crippen LogP contribution in [0.2, 0.25) is 0 Å². The second-order valence-electron chi connectivity index (χ2n) is 7.12. The maximum Gasteiger partial charge on any atom is 0.303 e. The first kappa shape index (κ1) is 18.2. The molecular weight excluding hydrogens is 328 g/mol. The predicted octanol–water partition coefficient (Wildman–Crippen LogP) is 3.69. The van der Waals surface area contributed by atoms with Crippen LogP contribution in [0.3, 0.4) is 0 Å². The van der Waals surface area contributed by atoms with Crippen molar-refractivity contribution in [1.29, 1.82) is 0 Å². The number of amides is 1. The first-order valence-electron chi connectivity index (χ1n) is 9.34. The number of nitrogens with one attached hydrogen (secondary N) is 1. The Morgan fingerprint density at radius 2 is 1.88 bits per heavy atom. The highest BCUT2D eigenvalue weighted by Gasteiger charge is 2.27. The first-order chi connectivity index (χ1) is 12.6. The summed E-state index contributed by atoms with van der Waals surface area (Å²) >= 11 is 0. The van der Waals surface area contributed by atoms with Crippen LogP contribution in [0.5, 0.6) is 0 Å². The van der Waals surface area contributed by atoms with Crippen LogP contribution < -0.4 is 5.32 Å². The van der Waals surface area contributed by atoms with Crippen LogP contribution in [0.4, 0.5) is 0 Å². The highest BCUT2D eigenvalue weighted by atomic mass is 16.4. The summed E-state index contributed by atoms with van der Waals surface area (Å²) in [4.78, 5) is 23.5. The molecule has 1 aliphatic rings. The van der Waals surface area contributed by atoms with E-state index in [1.165, 1.54) is 5.56 Å². The van der Waals surface area contributed by atoms with E-state index < -0.39 is 5.97 Å². The molecule has 1 aliphatic carbocycles. The van der Waals surface area contributed by atoms with Crippen molar-refractivity contribution in [3.63, 3.8) is 0 Å². The monoisotopic (exact) mass is 354 g/mol. The average Bonchev–Trinajstić information content (AvgIpc) is 3.10. The summed E-state index contributed by atoms with van der Waals surface area (Å²) in [6.45, 7) is 0.735. The summed E-state index contributed by atoms with van der Waals surface area (Å²) in [5.74, 6) is -0.571. The molecule has 26 heavy (non-hydrogen) atoms. The fourth-order valence-corrected chi connectivity index (χ4v) is 3.77. The van der Waals surface area contributed by atoms with Gasteiger partial charge in [-0.2, -0.15) is 0 Å². The quantitative estimate of drug-likeness (QED) is 0.796. The zero-order valence-corrected chi connectivity index (χ0v) is 14.9. The molecule has 1 saturated carbocycles. The SMILES string of the molecule is O=C(O)CCC1CCCCC1NC(=O)c1ccn(Cc2ccccc2)c1. The van der Waals surface area contributed by atoms with Gasteiger partial charge in [0, 0.05) is 31.4 Å². The normalized spacial score (nSPS) is 19.8. The summed E-state index contributed by atoms with van der Waals surface area (Å²) in [6.07, 6.45) is 8.73. The second-order valence-corrected chi connectivity index (χ2v) is 7.12. The zero-order valence-electron chi connectivity index (χ0n) is 14.9. The van der Waals surface area contributed by atoms with Crippen LogP contribution in [0, 0.1) is 5.92 Å². The number of nitrogens with zero attached hydrogens (tertiary/aromatic N) is 1. The van der Waals surface area contributed by atoms with E-state index in [4.69, 9.17) is 5.11 Å². The van der Waals surface area contributed by atoms with Crippen molar-refractivity contribution in [3.8, 4) is 0 Å². The van der Waals surface area contributed by atoms with Crippen molar-refractivity contribution in [2.75, 3.05) is 0 Å². The molecule has 5 heteroatoms. The summed E-state index contributed by atoms with van der Waals surface area (Å²) in [6, 6.07) is 12.0. The number of hydrogen-bond acceptors (Lipinski definition) is 2. The van der Waals surface area contributed by atoms with Crippen LogP contribution in [0.1, 0.15) is 54.4 Å². The minimum Gasteiger partial charge on any atom is -0.481 e. The third-order valence-electron chi connectivity index (χ3n) is 5.18. The molecule has 0 radical (unpaired) electrons. The summed E-state index contributed by atoms with van der Waals surface area (Å²) < 4.78 is 2.01. The van der Waals surface area contributed by atoms with Gasteiger partial charge in [-0.05, 0) is 36.8 Å². The first-order valence-corrected chi connectivity index (χ1v) is 9.34. The molecule has 2 N–H and O–H groups in total. The van der Waals surface area contributed by atoms with Gasteiger partial charge in [-0.25, -0.2) is 0 Å². The average molecular weight is 354 g/mol. The van der Waals surface area contributed by atoms with Crippen LogP contribution in [0.25, 0.3) is 0 Å². The molecule has 0 saturated heterocycles. The third kappa shape index (κ3) is 4.97. The third-order valence-corrected chi connectivity index (χ3v) is 5.18. The number of carbonyl (C=O) groups excluding carboxylic acids is 1. The lowest BCUT2D eigenvalue weighted by molar-refractivity contribution is -0.137. The Kier molecular flexibility index (Phi) is 6.10. The van der Waals surface area contributed by atoms with Crippen LogP contribution in [-0.4, -0.2) is 27.6 Å². The Morgan fingerprint density at radius 3 is 2.65 bits per heavy atom. The fourth-order valence-electron chi connectivity index (χ4n) is 3.77. The highest BCUT2D eigenvalue weighted by molar-refractivity contribution is 5.94. The minimum absolute atomic E-state index is 0.0657. The van der Waals surface area contributed by atoms with Gasteiger partial charge in [-0.15, -0.1) is 0 Å². The lowest BCUT2D eigenvalue weighted by Crippen LogP contribution is -2.42. The number of hydrogen-bond donors (Lipinski definition) is 2. The van der Waals surface area contributed by atoms with Crippen molar-refractivity contribution in [1.82, 2.24) is 9.88 Å². The number of aliphatic carboxylic acids is 1. The Hall–Kier alpha value is -2.56. The van der Waals surface area contributed by atoms with Gasteiger partial charge in [0.25, 0.3) is 5.91 Å². The van der Waals surface area contributed by atoms with E-state index in [-0.39, 0.29) is 24.3 Å². The van der Waals surface area contributed by atoms with Gasteiger partial charge in [0.05, 0.1) is 5.56 Å². The topological polar surface area (TPSA) is 71.3 Å². The molecule has 0 aliphatic heterocycles. The molecule has 0 spiro atoms. The van der Waals surface area contributed by atoms with Gasteiger partial charge in [-0.1, -0.05) is 43.2 Å². The summed E-state index contributed by atoms with van der Waals surface area (Å²) in [7, 11) is 0. The molecule has 138 valence electrons. The van der Waals surface area contributed by atoms with Crippen molar-refractivity contribution in [2.45, 2.75) is 51.1 Å². The molecule has 1 amide bonds. The molecule has 1 heterocycles. The predicted molar refractivity (Wildman–Crippen MR) is 100 cm³/mol. The van der Waals surface area contributed by atoms with Crippen LogP contribution >= 0.6 is 0 Å².